The molecule has 3 aromatic rings. The first-order chi connectivity index (χ1) is 17.6. The van der Waals surface area contributed by atoms with E-state index in [-0.39, 0.29) is 23.3 Å². The number of benzene rings is 2. The lowest BCUT2D eigenvalue weighted by molar-refractivity contribution is -0.137. The first-order valence-corrected chi connectivity index (χ1v) is 12.6. The van der Waals surface area contributed by atoms with E-state index in [4.69, 9.17) is 0 Å². The number of halogens is 3. The van der Waals surface area contributed by atoms with Crippen molar-refractivity contribution in [2.45, 2.75) is 44.2 Å². The van der Waals surface area contributed by atoms with Gasteiger partial charge in [-0.05, 0) is 42.7 Å². The van der Waals surface area contributed by atoms with E-state index in [2.05, 4.69) is 27.4 Å². The molecule has 1 atom stereocenters. The van der Waals surface area contributed by atoms with Crippen molar-refractivity contribution >= 4 is 29.3 Å². The van der Waals surface area contributed by atoms with Crippen molar-refractivity contribution in [3.63, 3.8) is 0 Å². The fraction of sp³-hybridized carbons (Fsp3) is 0.308. The van der Waals surface area contributed by atoms with Gasteiger partial charge in [-0.3, -0.25) is 9.59 Å². The van der Waals surface area contributed by atoms with Crippen molar-refractivity contribution in [2.75, 3.05) is 11.1 Å². The first-order valence-electron chi connectivity index (χ1n) is 11.6. The summed E-state index contributed by atoms with van der Waals surface area (Å²) in [6.07, 6.45) is -2.24. The molecule has 3 rings (SSSR count). The lowest BCUT2D eigenvalue weighted by Crippen LogP contribution is -2.31. The van der Waals surface area contributed by atoms with Crippen LogP contribution in [0.4, 0.5) is 18.9 Å². The Bertz CT molecular complexity index is 1230. The van der Waals surface area contributed by atoms with Crippen LogP contribution < -0.4 is 10.6 Å². The number of carbonyl (C=O) groups excluding carboxylic acids is 2. The largest absolute Gasteiger partial charge is 0.416 e. The number of hydrogen-bond acceptors (Lipinski definition) is 5. The monoisotopic (exact) mass is 531 g/mol. The van der Waals surface area contributed by atoms with Crippen LogP contribution in [0.2, 0.25) is 0 Å². The summed E-state index contributed by atoms with van der Waals surface area (Å²) in [6, 6.07) is 12.8. The number of nitrogens with one attached hydrogen (secondary N) is 2. The molecular formula is C26H28F3N5O2S. The second-order valence-electron chi connectivity index (χ2n) is 8.68. The lowest BCUT2D eigenvalue weighted by atomic mass is 10.0. The summed E-state index contributed by atoms with van der Waals surface area (Å²) in [5, 5.41) is 14.5. The number of nitrogens with zero attached hydrogens (tertiary/aromatic N) is 3. The van der Waals surface area contributed by atoms with Crippen LogP contribution in [-0.4, -0.2) is 32.3 Å². The summed E-state index contributed by atoms with van der Waals surface area (Å²) >= 11 is 1.09. The number of alkyl halides is 3. The minimum Gasteiger partial charge on any atom is -0.342 e. The zero-order chi connectivity index (χ0) is 27.0. The minimum absolute atomic E-state index is 0.0503. The van der Waals surface area contributed by atoms with Crippen LogP contribution in [0, 0.1) is 5.92 Å². The molecule has 0 aliphatic carbocycles. The molecule has 0 spiro atoms. The molecule has 1 heterocycles. The average Bonchev–Trinajstić information content (AvgIpc) is 3.25. The summed E-state index contributed by atoms with van der Waals surface area (Å²) in [7, 11) is 0. The molecule has 0 aliphatic heterocycles. The third-order valence-electron chi connectivity index (χ3n) is 5.22. The van der Waals surface area contributed by atoms with E-state index in [9.17, 15) is 22.8 Å². The number of anilines is 1. The van der Waals surface area contributed by atoms with Crippen molar-refractivity contribution in [2.24, 2.45) is 5.92 Å². The predicted octanol–water partition coefficient (Wildman–Crippen LogP) is 5.73. The molecule has 0 saturated heterocycles. The molecule has 2 aromatic carbocycles. The Morgan fingerprint density at radius 2 is 1.84 bits per heavy atom. The second kappa shape index (κ2) is 12.6. The molecule has 0 bridgehead atoms. The van der Waals surface area contributed by atoms with E-state index in [0.717, 1.165) is 23.9 Å². The van der Waals surface area contributed by atoms with E-state index in [1.165, 1.54) is 12.1 Å². The van der Waals surface area contributed by atoms with Crippen molar-refractivity contribution in [1.82, 2.24) is 20.1 Å². The molecule has 37 heavy (non-hydrogen) atoms. The number of rotatable bonds is 11. The van der Waals surface area contributed by atoms with Gasteiger partial charge in [0.25, 0.3) is 5.91 Å². The van der Waals surface area contributed by atoms with Gasteiger partial charge in [-0.2, -0.15) is 13.2 Å². The maximum atomic E-state index is 12.9. The third-order valence-corrected chi connectivity index (χ3v) is 6.19. The average molecular weight is 532 g/mol. The zero-order valence-corrected chi connectivity index (χ0v) is 21.3. The van der Waals surface area contributed by atoms with Gasteiger partial charge in [0.1, 0.15) is 0 Å². The van der Waals surface area contributed by atoms with E-state index >= 15 is 0 Å². The summed E-state index contributed by atoms with van der Waals surface area (Å²) in [4.78, 5) is 25.3. The van der Waals surface area contributed by atoms with E-state index in [1.54, 1.807) is 34.9 Å². The smallest absolute Gasteiger partial charge is 0.342 e. The van der Waals surface area contributed by atoms with Gasteiger partial charge < -0.3 is 15.2 Å². The number of thioether (sulfide) groups is 1. The highest BCUT2D eigenvalue weighted by Gasteiger charge is 2.30. The fourth-order valence-corrected chi connectivity index (χ4v) is 4.35. The topological polar surface area (TPSA) is 88.9 Å². The zero-order valence-electron chi connectivity index (χ0n) is 20.5. The SMILES string of the molecule is C=CCn1c(SCC(=O)Nc2cccc(C(F)(F)F)c2)nnc1C(CC(C)C)NC(=O)c1ccccc1. The van der Waals surface area contributed by atoms with Crippen molar-refractivity contribution in [3.8, 4) is 0 Å². The molecule has 7 nitrogen and oxygen atoms in total. The molecule has 1 unspecified atom stereocenters. The van der Waals surface area contributed by atoms with Crippen LogP contribution in [0.25, 0.3) is 0 Å². The Balaban J connectivity index is 1.74. The Hall–Kier alpha value is -3.60. The molecule has 0 aliphatic rings. The molecule has 196 valence electrons. The van der Waals surface area contributed by atoms with Crippen LogP contribution in [0.3, 0.4) is 0 Å². The van der Waals surface area contributed by atoms with Crippen molar-refractivity contribution in [3.05, 3.63) is 84.2 Å². The molecule has 11 heteroatoms. The highest BCUT2D eigenvalue weighted by atomic mass is 32.2. The minimum atomic E-state index is -4.50. The molecule has 0 saturated carbocycles. The van der Waals surface area contributed by atoms with Gasteiger partial charge in [-0.25, -0.2) is 0 Å². The summed E-state index contributed by atoms with van der Waals surface area (Å²) in [5.41, 5.74) is -0.275. The van der Waals surface area contributed by atoms with Crippen LogP contribution >= 0.6 is 11.8 Å². The van der Waals surface area contributed by atoms with Gasteiger partial charge >= 0.3 is 6.18 Å². The number of hydrogen-bond donors (Lipinski definition) is 2. The molecule has 2 N–H and O–H groups in total. The van der Waals surface area contributed by atoms with Gasteiger partial charge in [0.2, 0.25) is 5.91 Å². The number of allylic oxidation sites excluding steroid dienone is 1. The van der Waals surface area contributed by atoms with E-state index < -0.39 is 23.7 Å². The third kappa shape index (κ3) is 7.94. The highest BCUT2D eigenvalue weighted by molar-refractivity contribution is 7.99. The lowest BCUT2D eigenvalue weighted by Gasteiger charge is -2.21. The number of aromatic nitrogens is 3. The maximum absolute atomic E-state index is 12.9. The Morgan fingerprint density at radius 1 is 1.11 bits per heavy atom. The van der Waals surface area contributed by atoms with Gasteiger partial charge in [0.15, 0.2) is 11.0 Å². The standard InChI is InChI=1S/C26H28F3N5O2S/c1-4-13-34-23(21(14-17(2)3)31-24(36)18-9-6-5-7-10-18)32-33-25(34)37-16-22(35)30-20-12-8-11-19(15-20)26(27,28)29/h4-12,15,17,21H,1,13-14,16H2,2-3H3,(H,30,35)(H,31,36). The second-order valence-corrected chi connectivity index (χ2v) is 9.62. The highest BCUT2D eigenvalue weighted by Crippen LogP contribution is 2.31. The Morgan fingerprint density at radius 3 is 2.49 bits per heavy atom. The van der Waals surface area contributed by atoms with E-state index in [0.29, 0.717) is 29.5 Å². The number of carbonyl (C=O) groups is 2. The van der Waals surface area contributed by atoms with Gasteiger partial charge in [0.05, 0.1) is 17.4 Å². The molecule has 1 aromatic heterocycles. The summed E-state index contributed by atoms with van der Waals surface area (Å²) < 4.78 is 40.6. The number of amides is 2. The van der Waals surface area contributed by atoms with Crippen molar-refractivity contribution < 1.29 is 22.8 Å². The van der Waals surface area contributed by atoms with Crippen LogP contribution in [-0.2, 0) is 17.5 Å². The quantitative estimate of drug-likeness (QED) is 0.244. The van der Waals surface area contributed by atoms with Gasteiger partial charge in [-0.15, -0.1) is 16.8 Å². The van der Waals surface area contributed by atoms with Gasteiger partial charge in [0, 0.05) is 17.8 Å². The maximum Gasteiger partial charge on any atom is 0.416 e. The van der Waals surface area contributed by atoms with Gasteiger partial charge in [-0.1, -0.05) is 56.0 Å². The summed E-state index contributed by atoms with van der Waals surface area (Å²) in [6.45, 7) is 8.19. The molecule has 2 amide bonds. The Kier molecular flexibility index (Phi) is 9.51. The molecular weight excluding hydrogens is 503 g/mol. The Labute approximate surface area is 217 Å². The normalized spacial score (nSPS) is 12.3. The van der Waals surface area contributed by atoms with Crippen LogP contribution in [0.1, 0.15) is 48.1 Å². The van der Waals surface area contributed by atoms with Crippen molar-refractivity contribution in [1.29, 1.82) is 0 Å². The van der Waals surface area contributed by atoms with E-state index in [1.807, 2.05) is 19.9 Å². The molecule has 0 radical (unpaired) electrons. The predicted molar refractivity (Wildman–Crippen MR) is 137 cm³/mol. The van der Waals surface area contributed by atoms with Crippen LogP contribution in [0.5, 0.6) is 0 Å². The fourth-order valence-electron chi connectivity index (χ4n) is 3.60. The molecule has 0 fully saturated rings. The first kappa shape index (κ1) is 28.0. The summed E-state index contributed by atoms with van der Waals surface area (Å²) in [5.74, 6) is -0.0660. The van der Waals surface area contributed by atoms with Crippen LogP contribution in [0.15, 0.2) is 72.4 Å².